The summed E-state index contributed by atoms with van der Waals surface area (Å²) in [6.07, 6.45) is 3.07. The molecule has 0 aromatic carbocycles. The van der Waals surface area contributed by atoms with Gasteiger partial charge in [0.05, 0.1) is 0 Å². The van der Waals surface area contributed by atoms with E-state index in [0.29, 0.717) is 13.0 Å². The van der Waals surface area contributed by atoms with Crippen molar-refractivity contribution in [1.82, 2.24) is 5.32 Å². The quantitative estimate of drug-likeness (QED) is 0.806. The summed E-state index contributed by atoms with van der Waals surface area (Å²) in [6.45, 7) is 4.67. The van der Waals surface area contributed by atoms with E-state index < -0.39 is 0 Å². The van der Waals surface area contributed by atoms with Crippen LogP contribution in [0, 0.1) is 0 Å². The first-order valence-corrected chi connectivity index (χ1v) is 7.95. The van der Waals surface area contributed by atoms with Crippen LogP contribution < -0.4 is 11.1 Å². The van der Waals surface area contributed by atoms with E-state index in [1.165, 1.54) is 4.88 Å². The Hall–Kier alpha value is -0.390. The predicted octanol–water partition coefficient (Wildman–Crippen LogP) is 3.08. The zero-order valence-corrected chi connectivity index (χ0v) is 13.4. The molecular formula is C13H21BrN2OS. The summed E-state index contributed by atoms with van der Waals surface area (Å²) in [4.78, 5) is 13.0. The van der Waals surface area contributed by atoms with E-state index in [9.17, 15) is 4.79 Å². The van der Waals surface area contributed by atoms with Crippen molar-refractivity contribution < 1.29 is 4.79 Å². The first-order chi connectivity index (χ1) is 8.49. The minimum Gasteiger partial charge on any atom is -0.354 e. The van der Waals surface area contributed by atoms with Crippen LogP contribution in [0.15, 0.2) is 15.9 Å². The van der Waals surface area contributed by atoms with Gasteiger partial charge in [-0.2, -0.15) is 0 Å². The monoisotopic (exact) mass is 332 g/mol. The minimum atomic E-state index is -0.262. The topological polar surface area (TPSA) is 55.1 Å². The molecule has 0 aliphatic rings. The van der Waals surface area contributed by atoms with Crippen LogP contribution in [0.1, 0.15) is 38.0 Å². The molecule has 0 fully saturated rings. The Kier molecular flexibility index (Phi) is 6.32. The molecule has 0 bridgehead atoms. The third kappa shape index (κ3) is 5.08. The fraction of sp³-hybridized carbons (Fsp3) is 0.615. The zero-order chi connectivity index (χ0) is 13.6. The van der Waals surface area contributed by atoms with Crippen molar-refractivity contribution in [2.75, 3.05) is 6.54 Å². The maximum Gasteiger partial charge on any atom is 0.220 e. The summed E-state index contributed by atoms with van der Waals surface area (Å²) in [5, 5.41) is 4.97. The molecule has 0 unspecified atom stereocenters. The number of amides is 1. The van der Waals surface area contributed by atoms with Crippen molar-refractivity contribution in [3.63, 3.8) is 0 Å². The molecular weight excluding hydrogens is 312 g/mol. The van der Waals surface area contributed by atoms with Gasteiger partial charge in [-0.05, 0) is 41.3 Å². The lowest BCUT2D eigenvalue weighted by atomic mass is 9.94. The predicted molar refractivity (Wildman–Crippen MR) is 80.9 cm³/mol. The summed E-state index contributed by atoms with van der Waals surface area (Å²) in [7, 11) is 0. The van der Waals surface area contributed by atoms with E-state index in [1.807, 2.05) is 5.38 Å². The Labute approximate surface area is 121 Å². The van der Waals surface area contributed by atoms with Crippen LogP contribution in [0.3, 0.4) is 0 Å². The first kappa shape index (κ1) is 15.7. The van der Waals surface area contributed by atoms with Crippen LogP contribution in [0.4, 0.5) is 0 Å². The average molecular weight is 333 g/mol. The van der Waals surface area contributed by atoms with Gasteiger partial charge in [0.25, 0.3) is 0 Å². The number of carbonyl (C=O) groups excluding carboxylic acids is 1. The number of carbonyl (C=O) groups is 1. The summed E-state index contributed by atoms with van der Waals surface area (Å²) in [5.41, 5.74) is 5.87. The number of nitrogens with one attached hydrogen (secondary N) is 1. The molecule has 0 atom stereocenters. The molecule has 0 saturated carbocycles. The highest BCUT2D eigenvalue weighted by molar-refractivity contribution is 9.10. The van der Waals surface area contributed by atoms with Gasteiger partial charge in [0, 0.05) is 33.2 Å². The zero-order valence-electron chi connectivity index (χ0n) is 11.0. The van der Waals surface area contributed by atoms with Crippen molar-refractivity contribution in [2.45, 2.75) is 45.1 Å². The molecule has 0 aliphatic carbocycles. The lowest BCUT2D eigenvalue weighted by Crippen LogP contribution is -2.49. The summed E-state index contributed by atoms with van der Waals surface area (Å²) in [5.74, 6) is 0.0799. The molecule has 0 radical (unpaired) electrons. The summed E-state index contributed by atoms with van der Waals surface area (Å²) in [6, 6.07) is 2.06. The maximum absolute atomic E-state index is 11.7. The van der Waals surface area contributed by atoms with Crippen LogP contribution in [0.2, 0.25) is 0 Å². The Morgan fingerprint density at radius 2 is 2.17 bits per heavy atom. The molecule has 0 saturated heterocycles. The molecule has 5 heteroatoms. The van der Waals surface area contributed by atoms with Gasteiger partial charge in [0.2, 0.25) is 5.91 Å². The molecule has 3 nitrogen and oxygen atoms in total. The lowest BCUT2D eigenvalue weighted by molar-refractivity contribution is -0.121. The molecule has 1 heterocycles. The number of halogens is 1. The number of nitrogens with two attached hydrogens (primary N) is 1. The Bertz CT molecular complexity index is 388. The molecule has 102 valence electrons. The second-order valence-electron chi connectivity index (χ2n) is 4.58. The van der Waals surface area contributed by atoms with Crippen molar-refractivity contribution in [3.8, 4) is 0 Å². The largest absolute Gasteiger partial charge is 0.354 e. The first-order valence-electron chi connectivity index (χ1n) is 6.27. The highest BCUT2D eigenvalue weighted by Gasteiger charge is 2.20. The van der Waals surface area contributed by atoms with Gasteiger partial charge in [0.1, 0.15) is 0 Å². The van der Waals surface area contributed by atoms with E-state index in [2.05, 4.69) is 41.2 Å². The smallest absolute Gasteiger partial charge is 0.220 e. The number of rotatable bonds is 7. The standard InChI is InChI=1S/C13H21BrN2OS/c1-3-13(15,4-2)9-16-12(17)6-5-11-7-10(14)8-18-11/h7-8H,3-6,9,15H2,1-2H3,(H,16,17). The van der Waals surface area contributed by atoms with Gasteiger partial charge in [-0.15, -0.1) is 11.3 Å². The number of aryl methyl sites for hydroxylation is 1. The number of hydrogen-bond donors (Lipinski definition) is 2. The van der Waals surface area contributed by atoms with E-state index in [4.69, 9.17) is 5.73 Å². The number of hydrogen-bond acceptors (Lipinski definition) is 3. The van der Waals surface area contributed by atoms with Gasteiger partial charge in [-0.25, -0.2) is 0 Å². The van der Waals surface area contributed by atoms with Crippen molar-refractivity contribution in [2.24, 2.45) is 5.73 Å². The minimum absolute atomic E-state index is 0.0799. The van der Waals surface area contributed by atoms with E-state index in [0.717, 1.165) is 23.7 Å². The average Bonchev–Trinajstić information content (AvgIpc) is 2.79. The van der Waals surface area contributed by atoms with Crippen LogP contribution in [-0.4, -0.2) is 18.0 Å². The fourth-order valence-corrected chi connectivity index (χ4v) is 3.04. The van der Waals surface area contributed by atoms with Gasteiger partial charge in [-0.3, -0.25) is 4.79 Å². The van der Waals surface area contributed by atoms with Gasteiger partial charge >= 0.3 is 0 Å². The Balaban J connectivity index is 2.30. The molecule has 1 aromatic rings. The Morgan fingerprint density at radius 1 is 1.50 bits per heavy atom. The number of thiophene rings is 1. The van der Waals surface area contributed by atoms with Crippen molar-refractivity contribution in [3.05, 3.63) is 20.8 Å². The van der Waals surface area contributed by atoms with Crippen LogP contribution in [-0.2, 0) is 11.2 Å². The second kappa shape index (κ2) is 7.26. The molecule has 1 amide bonds. The summed E-state index contributed by atoms with van der Waals surface area (Å²) < 4.78 is 1.08. The molecule has 0 spiro atoms. The van der Waals surface area contributed by atoms with Crippen LogP contribution in [0.5, 0.6) is 0 Å². The third-order valence-electron chi connectivity index (χ3n) is 3.27. The van der Waals surface area contributed by atoms with Gasteiger partial charge < -0.3 is 11.1 Å². The highest BCUT2D eigenvalue weighted by Crippen LogP contribution is 2.20. The van der Waals surface area contributed by atoms with Crippen LogP contribution in [0.25, 0.3) is 0 Å². The van der Waals surface area contributed by atoms with E-state index in [1.54, 1.807) is 11.3 Å². The highest BCUT2D eigenvalue weighted by atomic mass is 79.9. The maximum atomic E-state index is 11.7. The molecule has 18 heavy (non-hydrogen) atoms. The van der Waals surface area contributed by atoms with E-state index in [-0.39, 0.29) is 11.4 Å². The summed E-state index contributed by atoms with van der Waals surface area (Å²) >= 11 is 5.08. The van der Waals surface area contributed by atoms with E-state index >= 15 is 0 Å². The SMILES string of the molecule is CCC(N)(CC)CNC(=O)CCc1cc(Br)cs1. The molecule has 1 rings (SSSR count). The normalized spacial score (nSPS) is 11.6. The van der Waals surface area contributed by atoms with Gasteiger partial charge in [0.15, 0.2) is 0 Å². The molecule has 3 N–H and O–H groups in total. The molecule has 0 aliphatic heterocycles. The van der Waals surface area contributed by atoms with Crippen molar-refractivity contribution in [1.29, 1.82) is 0 Å². The second-order valence-corrected chi connectivity index (χ2v) is 6.49. The van der Waals surface area contributed by atoms with Crippen molar-refractivity contribution >= 4 is 33.2 Å². The Morgan fingerprint density at radius 3 is 2.67 bits per heavy atom. The third-order valence-corrected chi connectivity index (χ3v) is 5.02. The lowest BCUT2D eigenvalue weighted by Gasteiger charge is -2.26. The fourth-order valence-electron chi connectivity index (χ4n) is 1.58. The van der Waals surface area contributed by atoms with Gasteiger partial charge in [-0.1, -0.05) is 13.8 Å². The van der Waals surface area contributed by atoms with Crippen LogP contribution >= 0.6 is 27.3 Å². The molecule has 1 aromatic heterocycles.